The molecule has 0 radical (unpaired) electrons. The lowest BCUT2D eigenvalue weighted by Gasteiger charge is -2.09. The molecule has 18 heavy (non-hydrogen) atoms. The van der Waals surface area contributed by atoms with Gasteiger partial charge in [-0.2, -0.15) is 0 Å². The highest BCUT2D eigenvalue weighted by Crippen LogP contribution is 2.17. The molecule has 1 aromatic rings. The van der Waals surface area contributed by atoms with Crippen molar-refractivity contribution in [3.05, 3.63) is 29.8 Å². The summed E-state index contributed by atoms with van der Waals surface area (Å²) in [6, 6.07) is 2.86. The molecule has 0 saturated carbocycles. The molecule has 1 rings (SSSR count). The van der Waals surface area contributed by atoms with Crippen LogP contribution in [-0.4, -0.2) is 26.2 Å². The summed E-state index contributed by atoms with van der Waals surface area (Å²) in [5.41, 5.74) is 0. The Kier molecular flexibility index (Phi) is 5.18. The third-order valence-corrected chi connectivity index (χ3v) is 3.79. The summed E-state index contributed by atoms with van der Waals surface area (Å²) in [5.74, 6) is -2.25. The van der Waals surface area contributed by atoms with Crippen molar-refractivity contribution in [3.8, 4) is 0 Å². The predicted molar refractivity (Wildman–Crippen MR) is 62.5 cm³/mol. The Labute approximate surface area is 105 Å². The van der Waals surface area contributed by atoms with Gasteiger partial charge in [0.1, 0.15) is 11.6 Å². The fraction of sp³-hybridized carbons (Fsp3) is 0.455. The minimum atomic E-state index is -4.20. The first kappa shape index (κ1) is 15.0. The molecule has 102 valence electrons. The van der Waals surface area contributed by atoms with Crippen molar-refractivity contribution < 1.29 is 22.3 Å². The summed E-state index contributed by atoms with van der Waals surface area (Å²) in [7, 11) is -4.20. The van der Waals surface area contributed by atoms with Crippen molar-refractivity contribution in [2.45, 2.75) is 30.8 Å². The number of aliphatic hydroxyl groups excluding tert-OH is 1. The van der Waals surface area contributed by atoms with E-state index in [1.165, 1.54) is 0 Å². The first-order chi connectivity index (χ1) is 8.34. The van der Waals surface area contributed by atoms with E-state index in [-0.39, 0.29) is 6.54 Å². The van der Waals surface area contributed by atoms with Crippen LogP contribution in [0.1, 0.15) is 19.8 Å². The zero-order valence-corrected chi connectivity index (χ0v) is 10.7. The van der Waals surface area contributed by atoms with Gasteiger partial charge in [0, 0.05) is 6.54 Å². The van der Waals surface area contributed by atoms with E-state index in [4.69, 9.17) is 5.11 Å². The molecule has 0 heterocycles. The molecule has 0 aliphatic heterocycles. The van der Waals surface area contributed by atoms with E-state index in [1.807, 2.05) is 0 Å². The van der Waals surface area contributed by atoms with Gasteiger partial charge < -0.3 is 5.11 Å². The number of benzene rings is 1. The van der Waals surface area contributed by atoms with Gasteiger partial charge in [0.05, 0.1) is 6.10 Å². The maximum atomic E-state index is 13.3. The van der Waals surface area contributed by atoms with Gasteiger partial charge in [-0.1, -0.05) is 6.07 Å². The summed E-state index contributed by atoms with van der Waals surface area (Å²) >= 11 is 0. The minimum absolute atomic E-state index is 0.0149. The maximum Gasteiger partial charge on any atom is 0.246 e. The SMILES string of the molecule is CC(O)CCCNS(=O)(=O)c1c(F)cccc1F. The smallest absolute Gasteiger partial charge is 0.246 e. The quantitative estimate of drug-likeness (QED) is 0.774. The second-order valence-corrected chi connectivity index (χ2v) is 5.64. The Bertz CT molecular complexity index is 483. The molecule has 1 unspecified atom stereocenters. The van der Waals surface area contributed by atoms with Crippen LogP contribution in [0.15, 0.2) is 23.1 Å². The molecule has 2 N–H and O–H groups in total. The summed E-state index contributed by atoms with van der Waals surface area (Å²) < 4.78 is 52.0. The van der Waals surface area contributed by atoms with Crippen LogP contribution in [0.25, 0.3) is 0 Å². The molecule has 0 bridgehead atoms. The first-order valence-electron chi connectivity index (χ1n) is 5.46. The second kappa shape index (κ2) is 6.21. The van der Waals surface area contributed by atoms with Crippen LogP contribution in [0.2, 0.25) is 0 Å². The minimum Gasteiger partial charge on any atom is -0.393 e. The van der Waals surface area contributed by atoms with Crippen molar-refractivity contribution in [2.24, 2.45) is 0 Å². The van der Waals surface area contributed by atoms with Crippen LogP contribution in [0.5, 0.6) is 0 Å². The van der Waals surface area contributed by atoms with Gasteiger partial charge in [0.25, 0.3) is 0 Å². The first-order valence-corrected chi connectivity index (χ1v) is 6.94. The Balaban J connectivity index is 2.75. The number of halogens is 2. The lowest BCUT2D eigenvalue weighted by Crippen LogP contribution is -2.27. The number of rotatable bonds is 6. The zero-order valence-electron chi connectivity index (χ0n) is 9.86. The van der Waals surface area contributed by atoms with E-state index in [1.54, 1.807) is 6.92 Å². The number of sulfonamides is 1. The second-order valence-electron chi connectivity index (χ2n) is 3.94. The molecule has 4 nitrogen and oxygen atoms in total. The van der Waals surface area contributed by atoms with E-state index < -0.39 is 32.7 Å². The molecule has 0 amide bonds. The molecular formula is C11H15F2NO3S. The lowest BCUT2D eigenvalue weighted by molar-refractivity contribution is 0.182. The summed E-state index contributed by atoms with van der Waals surface area (Å²) in [4.78, 5) is -0.970. The largest absolute Gasteiger partial charge is 0.393 e. The van der Waals surface area contributed by atoms with Crippen LogP contribution in [0, 0.1) is 11.6 Å². The molecule has 0 aliphatic carbocycles. The number of hydrogen-bond acceptors (Lipinski definition) is 3. The summed E-state index contributed by atoms with van der Waals surface area (Å²) in [6.45, 7) is 1.59. The zero-order chi connectivity index (χ0) is 13.8. The van der Waals surface area contributed by atoms with Gasteiger partial charge in [0.2, 0.25) is 10.0 Å². The number of nitrogens with one attached hydrogen (secondary N) is 1. The fourth-order valence-electron chi connectivity index (χ4n) is 1.42. The highest BCUT2D eigenvalue weighted by atomic mass is 32.2. The van der Waals surface area contributed by atoms with Gasteiger partial charge >= 0.3 is 0 Å². The molecule has 0 saturated heterocycles. The normalized spacial score (nSPS) is 13.6. The third-order valence-electron chi connectivity index (χ3n) is 2.28. The summed E-state index contributed by atoms with van der Waals surface area (Å²) in [6.07, 6.45) is 0.245. The van der Waals surface area contributed by atoms with E-state index in [2.05, 4.69) is 4.72 Å². The van der Waals surface area contributed by atoms with Crippen LogP contribution in [-0.2, 0) is 10.0 Å². The van der Waals surface area contributed by atoms with Crippen molar-refractivity contribution >= 4 is 10.0 Å². The molecule has 0 aliphatic rings. The average Bonchev–Trinajstić information content (AvgIpc) is 2.23. The average molecular weight is 279 g/mol. The number of aliphatic hydroxyl groups is 1. The van der Waals surface area contributed by atoms with E-state index in [0.717, 1.165) is 18.2 Å². The topological polar surface area (TPSA) is 66.4 Å². The molecule has 0 fully saturated rings. The lowest BCUT2D eigenvalue weighted by atomic mass is 10.2. The van der Waals surface area contributed by atoms with Gasteiger partial charge in [0.15, 0.2) is 4.90 Å². The molecule has 1 aromatic carbocycles. The molecular weight excluding hydrogens is 264 g/mol. The van der Waals surface area contributed by atoms with Gasteiger partial charge in [-0.15, -0.1) is 0 Å². The standard InChI is InChI=1S/C11H15F2NO3S/c1-8(15)4-3-7-14-18(16,17)11-9(12)5-2-6-10(11)13/h2,5-6,8,14-15H,3-4,7H2,1H3. The van der Waals surface area contributed by atoms with Crippen molar-refractivity contribution in [2.75, 3.05) is 6.54 Å². The molecule has 0 spiro atoms. The highest BCUT2D eigenvalue weighted by Gasteiger charge is 2.22. The van der Waals surface area contributed by atoms with E-state index in [9.17, 15) is 17.2 Å². The van der Waals surface area contributed by atoms with E-state index in [0.29, 0.717) is 12.8 Å². The van der Waals surface area contributed by atoms with Gasteiger partial charge in [-0.05, 0) is 31.9 Å². The van der Waals surface area contributed by atoms with Crippen molar-refractivity contribution in [3.63, 3.8) is 0 Å². The van der Waals surface area contributed by atoms with Crippen molar-refractivity contribution in [1.29, 1.82) is 0 Å². The molecule has 0 aromatic heterocycles. The predicted octanol–water partition coefficient (Wildman–Crippen LogP) is 1.40. The monoisotopic (exact) mass is 279 g/mol. The van der Waals surface area contributed by atoms with E-state index >= 15 is 0 Å². The van der Waals surface area contributed by atoms with Gasteiger partial charge in [-0.3, -0.25) is 0 Å². The fourth-order valence-corrected chi connectivity index (χ4v) is 2.62. The number of hydrogen-bond donors (Lipinski definition) is 2. The maximum absolute atomic E-state index is 13.3. The highest BCUT2D eigenvalue weighted by molar-refractivity contribution is 7.89. The Morgan fingerprint density at radius 1 is 1.33 bits per heavy atom. The molecule has 1 atom stereocenters. The Morgan fingerprint density at radius 3 is 2.39 bits per heavy atom. The summed E-state index contributed by atoms with van der Waals surface area (Å²) in [5, 5.41) is 8.99. The Morgan fingerprint density at radius 2 is 1.89 bits per heavy atom. The third kappa shape index (κ3) is 4.01. The molecule has 7 heteroatoms. The van der Waals surface area contributed by atoms with Crippen LogP contribution in [0.4, 0.5) is 8.78 Å². The van der Waals surface area contributed by atoms with Gasteiger partial charge in [-0.25, -0.2) is 21.9 Å². The van der Waals surface area contributed by atoms with Crippen LogP contribution in [0.3, 0.4) is 0 Å². The van der Waals surface area contributed by atoms with Crippen LogP contribution >= 0.6 is 0 Å². The van der Waals surface area contributed by atoms with Crippen molar-refractivity contribution in [1.82, 2.24) is 4.72 Å². The Hall–Kier alpha value is -1.05. The van der Waals surface area contributed by atoms with Crippen LogP contribution < -0.4 is 4.72 Å².